The van der Waals surface area contributed by atoms with Crippen molar-refractivity contribution in [3.63, 3.8) is 0 Å². The van der Waals surface area contributed by atoms with Gasteiger partial charge in [0.25, 0.3) is 0 Å². The van der Waals surface area contributed by atoms with Crippen LogP contribution >= 0.6 is 0 Å². The largest absolute Gasteiger partial charge is 0.469 e. The first-order valence-corrected chi connectivity index (χ1v) is 11.9. The number of ether oxygens (including phenoxy) is 2. The Labute approximate surface area is 211 Å². The van der Waals surface area contributed by atoms with Gasteiger partial charge in [-0.2, -0.15) is 0 Å². The van der Waals surface area contributed by atoms with Crippen LogP contribution in [0.2, 0.25) is 0 Å². The zero-order valence-electron chi connectivity index (χ0n) is 20.0. The Morgan fingerprint density at radius 2 is 1.57 bits per heavy atom. The Hall–Kier alpha value is -4.28. The molecule has 3 heterocycles. The maximum atomic E-state index is 13.5. The van der Waals surface area contributed by atoms with Crippen LogP contribution in [0.5, 0.6) is 6.01 Å². The quantitative estimate of drug-likeness (QED) is 0.357. The lowest BCUT2D eigenvalue weighted by Gasteiger charge is -2.27. The standard InChI is InChI=1S/C26H24F2N6O3/c1-36-23(35)10-15-2-6-19(7-3-15)37-26-30-13-18(14-31-26)22-9-5-17(12-29-22)25-32-24(33-34-25)16-4-8-20(27)21(28)11-16/h4-5,8-9,11-15,19H,2-3,6-7,10H2,1H3,(H,32,33,34)/t15-,19-. The molecule has 1 saturated carbocycles. The van der Waals surface area contributed by atoms with E-state index in [2.05, 4.69) is 30.1 Å². The van der Waals surface area contributed by atoms with E-state index in [0.717, 1.165) is 43.4 Å². The summed E-state index contributed by atoms with van der Waals surface area (Å²) in [5.74, 6) is -0.954. The number of carbonyl (C=O) groups is 1. The van der Waals surface area contributed by atoms with Crippen LogP contribution in [0, 0.1) is 17.6 Å². The second-order valence-corrected chi connectivity index (χ2v) is 8.88. The van der Waals surface area contributed by atoms with Gasteiger partial charge < -0.3 is 14.5 Å². The fourth-order valence-corrected chi connectivity index (χ4v) is 4.30. The minimum Gasteiger partial charge on any atom is -0.469 e. The van der Waals surface area contributed by atoms with Crippen LogP contribution in [0.3, 0.4) is 0 Å². The van der Waals surface area contributed by atoms with Crippen molar-refractivity contribution in [2.75, 3.05) is 7.11 Å². The molecule has 190 valence electrons. The number of nitrogens with one attached hydrogen (secondary N) is 1. The van der Waals surface area contributed by atoms with Crippen molar-refractivity contribution < 1.29 is 23.0 Å². The van der Waals surface area contributed by atoms with E-state index in [0.29, 0.717) is 46.8 Å². The summed E-state index contributed by atoms with van der Waals surface area (Å²) in [6.45, 7) is 0. The SMILES string of the molecule is COC(=O)C[C@H]1CC[C@H](Oc2ncc(-c3ccc(-c4nnc(-c5ccc(F)c(F)c5)[nH]4)cn3)cn2)CC1. The first kappa shape index (κ1) is 24.4. The van der Waals surface area contributed by atoms with Crippen LogP contribution in [0.25, 0.3) is 34.0 Å². The predicted octanol–water partition coefficient (Wildman–Crippen LogP) is 4.77. The molecule has 37 heavy (non-hydrogen) atoms. The Bertz CT molecular complexity index is 1370. The zero-order chi connectivity index (χ0) is 25.8. The molecule has 0 amide bonds. The molecule has 0 aliphatic heterocycles. The normalized spacial score (nSPS) is 17.4. The highest BCUT2D eigenvalue weighted by molar-refractivity contribution is 5.69. The van der Waals surface area contributed by atoms with Crippen LogP contribution in [0.1, 0.15) is 32.1 Å². The fraction of sp³-hybridized carbons (Fsp3) is 0.308. The Kier molecular flexibility index (Phi) is 7.11. The summed E-state index contributed by atoms with van der Waals surface area (Å²) < 4.78 is 37.4. The summed E-state index contributed by atoms with van der Waals surface area (Å²) in [5.41, 5.74) is 2.45. The third kappa shape index (κ3) is 5.76. The number of aromatic nitrogens is 6. The minimum atomic E-state index is -0.955. The molecule has 9 nitrogen and oxygen atoms in total. The number of methoxy groups -OCH3 is 1. The van der Waals surface area contributed by atoms with Gasteiger partial charge in [-0.3, -0.25) is 9.78 Å². The molecule has 0 bridgehead atoms. The molecule has 0 saturated heterocycles. The molecular weight excluding hydrogens is 482 g/mol. The van der Waals surface area contributed by atoms with Gasteiger partial charge in [-0.25, -0.2) is 18.7 Å². The Morgan fingerprint density at radius 1 is 0.892 bits per heavy atom. The van der Waals surface area contributed by atoms with E-state index < -0.39 is 11.6 Å². The van der Waals surface area contributed by atoms with E-state index in [9.17, 15) is 13.6 Å². The number of halogens is 2. The van der Waals surface area contributed by atoms with Gasteiger partial charge in [0.05, 0.1) is 12.8 Å². The first-order valence-electron chi connectivity index (χ1n) is 11.9. The number of pyridine rings is 1. The van der Waals surface area contributed by atoms with Gasteiger partial charge in [0.15, 0.2) is 23.3 Å². The van der Waals surface area contributed by atoms with Gasteiger partial charge in [-0.15, -0.1) is 10.2 Å². The van der Waals surface area contributed by atoms with Crippen molar-refractivity contribution in [3.05, 3.63) is 60.6 Å². The van der Waals surface area contributed by atoms with Crippen molar-refractivity contribution in [2.45, 2.75) is 38.2 Å². The summed E-state index contributed by atoms with van der Waals surface area (Å²) in [7, 11) is 1.41. The highest BCUT2D eigenvalue weighted by Gasteiger charge is 2.25. The van der Waals surface area contributed by atoms with Gasteiger partial charge in [0.2, 0.25) is 0 Å². The maximum Gasteiger partial charge on any atom is 0.316 e. The predicted molar refractivity (Wildman–Crippen MR) is 129 cm³/mol. The number of hydrogen-bond donors (Lipinski definition) is 1. The van der Waals surface area contributed by atoms with Crippen LogP contribution < -0.4 is 4.74 Å². The fourth-order valence-electron chi connectivity index (χ4n) is 4.30. The van der Waals surface area contributed by atoms with E-state index in [-0.39, 0.29) is 12.1 Å². The lowest BCUT2D eigenvalue weighted by atomic mass is 9.85. The van der Waals surface area contributed by atoms with E-state index >= 15 is 0 Å². The number of H-pyrrole nitrogens is 1. The Balaban J connectivity index is 1.19. The lowest BCUT2D eigenvalue weighted by Crippen LogP contribution is -2.26. The number of rotatable bonds is 7. The number of esters is 1. The number of hydrogen-bond acceptors (Lipinski definition) is 8. The van der Waals surface area contributed by atoms with Gasteiger partial charge in [-0.1, -0.05) is 0 Å². The van der Waals surface area contributed by atoms with Gasteiger partial charge in [0.1, 0.15) is 6.10 Å². The zero-order valence-corrected chi connectivity index (χ0v) is 20.0. The second kappa shape index (κ2) is 10.8. The highest BCUT2D eigenvalue weighted by atomic mass is 19.2. The van der Waals surface area contributed by atoms with Crippen LogP contribution in [-0.2, 0) is 9.53 Å². The van der Waals surface area contributed by atoms with Crippen molar-refractivity contribution >= 4 is 5.97 Å². The third-order valence-corrected chi connectivity index (χ3v) is 6.39. The van der Waals surface area contributed by atoms with Crippen LogP contribution in [0.15, 0.2) is 48.9 Å². The van der Waals surface area contributed by atoms with Crippen molar-refractivity contribution in [1.82, 2.24) is 30.1 Å². The molecule has 0 spiro atoms. The number of nitrogens with zero attached hydrogens (tertiary/aromatic N) is 5. The smallest absolute Gasteiger partial charge is 0.316 e. The summed E-state index contributed by atoms with van der Waals surface area (Å²) in [6, 6.07) is 7.45. The molecule has 0 atom stereocenters. The lowest BCUT2D eigenvalue weighted by molar-refractivity contribution is -0.142. The van der Waals surface area contributed by atoms with Crippen molar-refractivity contribution in [1.29, 1.82) is 0 Å². The van der Waals surface area contributed by atoms with E-state index in [1.54, 1.807) is 24.7 Å². The molecule has 1 N–H and O–H groups in total. The van der Waals surface area contributed by atoms with Crippen molar-refractivity contribution in [2.24, 2.45) is 5.92 Å². The van der Waals surface area contributed by atoms with Gasteiger partial charge >= 0.3 is 12.0 Å². The molecule has 0 unspecified atom stereocenters. The molecule has 5 rings (SSSR count). The summed E-state index contributed by atoms with van der Waals surface area (Å²) in [6.07, 6.45) is 8.91. The summed E-state index contributed by atoms with van der Waals surface area (Å²) in [4.78, 5) is 27.6. The Morgan fingerprint density at radius 3 is 2.22 bits per heavy atom. The molecule has 11 heteroatoms. The highest BCUT2D eigenvalue weighted by Crippen LogP contribution is 2.29. The first-order chi connectivity index (χ1) is 18.0. The summed E-state index contributed by atoms with van der Waals surface area (Å²) >= 11 is 0. The molecular formula is C26H24F2N6O3. The third-order valence-electron chi connectivity index (χ3n) is 6.39. The molecule has 1 aliphatic carbocycles. The number of carbonyl (C=O) groups excluding carboxylic acids is 1. The average molecular weight is 507 g/mol. The van der Waals surface area contributed by atoms with Crippen LogP contribution in [0.4, 0.5) is 8.78 Å². The molecule has 4 aromatic rings. The monoisotopic (exact) mass is 506 g/mol. The molecule has 3 aromatic heterocycles. The van der Waals surface area contributed by atoms with E-state index in [4.69, 9.17) is 9.47 Å². The van der Waals surface area contributed by atoms with Crippen molar-refractivity contribution in [3.8, 4) is 40.0 Å². The molecule has 0 radical (unpaired) electrons. The van der Waals surface area contributed by atoms with Crippen LogP contribution in [-0.4, -0.2) is 49.3 Å². The van der Waals surface area contributed by atoms with Gasteiger partial charge in [0, 0.05) is 41.7 Å². The van der Waals surface area contributed by atoms with E-state index in [1.807, 2.05) is 6.07 Å². The summed E-state index contributed by atoms with van der Waals surface area (Å²) in [5, 5.41) is 8.10. The molecule has 1 fully saturated rings. The topological polar surface area (TPSA) is 116 Å². The minimum absolute atomic E-state index is 0.0235. The van der Waals surface area contributed by atoms with Gasteiger partial charge in [-0.05, 0) is 61.9 Å². The molecule has 1 aromatic carbocycles. The second-order valence-electron chi connectivity index (χ2n) is 8.88. The molecule has 1 aliphatic rings. The number of aromatic amines is 1. The number of benzene rings is 1. The maximum absolute atomic E-state index is 13.5. The van der Waals surface area contributed by atoms with E-state index in [1.165, 1.54) is 13.2 Å². The average Bonchev–Trinajstić information content (AvgIpc) is 3.42.